The minimum Gasteiger partial charge on any atom is -0.496 e. The average Bonchev–Trinajstić information content (AvgIpc) is 3.12. The molecule has 1 aromatic carbocycles. The number of rotatable bonds is 5. The largest absolute Gasteiger partial charge is 0.496 e. The molecule has 2 saturated carbocycles. The zero-order valence-electron chi connectivity index (χ0n) is 18.2. The molecular formula is C25H38N2O2. The Morgan fingerprint density at radius 2 is 1.79 bits per heavy atom. The molecule has 2 atom stereocenters. The van der Waals surface area contributed by atoms with Crippen LogP contribution in [-0.2, 0) is 11.3 Å². The lowest BCUT2D eigenvalue weighted by Gasteiger charge is -2.41. The molecule has 1 aromatic rings. The van der Waals surface area contributed by atoms with E-state index in [1.54, 1.807) is 0 Å². The first-order valence-corrected chi connectivity index (χ1v) is 12.0. The van der Waals surface area contributed by atoms with Crippen molar-refractivity contribution in [3.63, 3.8) is 0 Å². The number of nitrogens with zero attached hydrogens (tertiary/aromatic N) is 2. The second kappa shape index (κ2) is 8.95. The van der Waals surface area contributed by atoms with Gasteiger partial charge in [0.15, 0.2) is 0 Å². The van der Waals surface area contributed by atoms with E-state index in [-0.39, 0.29) is 0 Å². The van der Waals surface area contributed by atoms with Gasteiger partial charge in [0.05, 0.1) is 13.8 Å². The molecule has 2 heterocycles. The third-order valence-corrected chi connectivity index (χ3v) is 8.08. The Kier molecular flexibility index (Phi) is 6.12. The summed E-state index contributed by atoms with van der Waals surface area (Å²) in [5, 5.41) is 0. The Balaban J connectivity index is 1.22. The summed E-state index contributed by atoms with van der Waals surface area (Å²) in [4.78, 5) is 5.25. The quantitative estimate of drug-likeness (QED) is 0.722. The van der Waals surface area contributed by atoms with Crippen LogP contribution in [0.15, 0.2) is 18.2 Å². The number of ether oxygens (including phenoxy) is 2. The molecule has 0 unspecified atom stereocenters. The van der Waals surface area contributed by atoms with E-state index in [0.29, 0.717) is 5.92 Å². The van der Waals surface area contributed by atoms with Crippen molar-refractivity contribution in [2.45, 2.75) is 69.9 Å². The summed E-state index contributed by atoms with van der Waals surface area (Å²) in [6, 6.07) is 7.73. The summed E-state index contributed by atoms with van der Waals surface area (Å²) in [6.45, 7) is 6.34. The molecule has 5 rings (SSSR count). The molecule has 4 nitrogen and oxygen atoms in total. The van der Waals surface area contributed by atoms with E-state index in [2.05, 4.69) is 28.0 Å². The van der Waals surface area contributed by atoms with Crippen molar-refractivity contribution in [1.29, 1.82) is 0 Å². The van der Waals surface area contributed by atoms with E-state index in [4.69, 9.17) is 9.47 Å². The lowest BCUT2D eigenvalue weighted by Crippen LogP contribution is -2.43. The van der Waals surface area contributed by atoms with Crippen LogP contribution in [0.1, 0.15) is 68.4 Å². The van der Waals surface area contributed by atoms with Crippen LogP contribution in [-0.4, -0.2) is 55.9 Å². The highest BCUT2D eigenvalue weighted by molar-refractivity contribution is 5.40. The minimum absolute atomic E-state index is 0.638. The van der Waals surface area contributed by atoms with Crippen LogP contribution in [0.3, 0.4) is 0 Å². The molecule has 160 valence electrons. The smallest absolute Gasteiger partial charge is 0.122 e. The van der Waals surface area contributed by atoms with Crippen molar-refractivity contribution < 1.29 is 9.47 Å². The fraction of sp³-hybridized carbons (Fsp3) is 0.760. The second-order valence-corrected chi connectivity index (χ2v) is 10.0. The fourth-order valence-electron chi connectivity index (χ4n) is 6.58. The molecule has 4 aliphatic rings. The zero-order valence-corrected chi connectivity index (χ0v) is 18.2. The van der Waals surface area contributed by atoms with E-state index >= 15 is 0 Å². The molecule has 0 spiro atoms. The van der Waals surface area contributed by atoms with Crippen molar-refractivity contribution >= 4 is 0 Å². The predicted octanol–water partition coefficient (Wildman–Crippen LogP) is 4.63. The van der Waals surface area contributed by atoms with Gasteiger partial charge in [-0.2, -0.15) is 0 Å². The Labute approximate surface area is 176 Å². The molecule has 0 aromatic heterocycles. The Bertz CT molecular complexity index is 667. The fourth-order valence-corrected chi connectivity index (χ4v) is 6.58. The zero-order chi connectivity index (χ0) is 19.6. The minimum atomic E-state index is 0.638. The first-order valence-electron chi connectivity index (χ1n) is 12.0. The van der Waals surface area contributed by atoms with Gasteiger partial charge in [0, 0.05) is 25.7 Å². The second-order valence-electron chi connectivity index (χ2n) is 10.0. The molecule has 4 fully saturated rings. The lowest BCUT2D eigenvalue weighted by atomic mass is 9.82. The number of benzene rings is 1. The highest BCUT2D eigenvalue weighted by atomic mass is 16.5. The number of hydrogen-bond acceptors (Lipinski definition) is 4. The maximum Gasteiger partial charge on any atom is 0.122 e. The van der Waals surface area contributed by atoms with Gasteiger partial charge in [-0.25, -0.2) is 0 Å². The van der Waals surface area contributed by atoms with Gasteiger partial charge in [0.2, 0.25) is 0 Å². The van der Waals surface area contributed by atoms with Crippen LogP contribution in [0.25, 0.3) is 0 Å². The van der Waals surface area contributed by atoms with E-state index in [9.17, 15) is 0 Å². The van der Waals surface area contributed by atoms with Gasteiger partial charge in [0.25, 0.3) is 0 Å². The van der Waals surface area contributed by atoms with Crippen LogP contribution in [0.5, 0.6) is 5.75 Å². The molecular weight excluding hydrogens is 360 g/mol. The van der Waals surface area contributed by atoms with Crippen molar-refractivity contribution in [3.8, 4) is 5.75 Å². The maximum absolute atomic E-state index is 5.77. The van der Waals surface area contributed by atoms with Gasteiger partial charge in [-0.3, -0.25) is 4.90 Å². The van der Waals surface area contributed by atoms with Gasteiger partial charge in [-0.1, -0.05) is 25.0 Å². The molecule has 0 radical (unpaired) electrons. The molecule has 2 bridgehead atoms. The van der Waals surface area contributed by atoms with Crippen LogP contribution in [0.4, 0.5) is 0 Å². The normalized spacial score (nSPS) is 31.8. The van der Waals surface area contributed by atoms with Gasteiger partial charge < -0.3 is 14.4 Å². The van der Waals surface area contributed by atoms with E-state index in [1.165, 1.54) is 69.2 Å². The summed E-state index contributed by atoms with van der Waals surface area (Å²) >= 11 is 0. The van der Waals surface area contributed by atoms with Gasteiger partial charge in [0.1, 0.15) is 5.75 Å². The topological polar surface area (TPSA) is 24.9 Å². The third kappa shape index (κ3) is 4.50. The summed E-state index contributed by atoms with van der Waals surface area (Å²) in [5.41, 5.74) is 2.84. The van der Waals surface area contributed by atoms with E-state index in [0.717, 1.165) is 56.5 Å². The first kappa shape index (κ1) is 19.8. The van der Waals surface area contributed by atoms with Crippen molar-refractivity contribution in [3.05, 3.63) is 29.3 Å². The predicted molar refractivity (Wildman–Crippen MR) is 116 cm³/mol. The third-order valence-electron chi connectivity index (χ3n) is 8.08. The number of fused-ring (bicyclic) bond motifs is 2. The van der Waals surface area contributed by atoms with Gasteiger partial charge in [-0.15, -0.1) is 0 Å². The van der Waals surface area contributed by atoms with E-state index in [1.807, 2.05) is 7.11 Å². The standard InChI is InChI=1S/C25H38N2O2/c1-28-25-6-5-21(17-26-9-2-12-29-18-26)16-24(25)22-7-10-27(11-8-22)23-14-19-3-4-20(13-19)15-23/h5-6,16,19-20,22-23H,2-4,7-15,17-18H2,1H3/t19-,20-/m0/s1. The van der Waals surface area contributed by atoms with Crippen molar-refractivity contribution in [2.24, 2.45) is 11.8 Å². The van der Waals surface area contributed by atoms with Crippen LogP contribution in [0.2, 0.25) is 0 Å². The number of likely N-dealkylation sites (tertiary alicyclic amines) is 1. The molecule has 2 saturated heterocycles. The summed E-state index contributed by atoms with van der Waals surface area (Å²) < 4.78 is 11.4. The van der Waals surface area contributed by atoms with Gasteiger partial charge in [-0.05, 0) is 86.6 Å². The molecule has 2 aliphatic heterocycles. The Hall–Kier alpha value is -1.10. The van der Waals surface area contributed by atoms with Gasteiger partial charge >= 0.3 is 0 Å². The number of methoxy groups -OCH3 is 1. The molecule has 29 heavy (non-hydrogen) atoms. The molecule has 0 N–H and O–H groups in total. The maximum atomic E-state index is 5.77. The highest BCUT2D eigenvalue weighted by Gasteiger charge is 2.37. The summed E-state index contributed by atoms with van der Waals surface area (Å²) in [5.74, 6) is 3.79. The Morgan fingerprint density at radius 1 is 1.00 bits per heavy atom. The highest BCUT2D eigenvalue weighted by Crippen LogP contribution is 2.45. The molecule has 4 heteroatoms. The van der Waals surface area contributed by atoms with Crippen LogP contribution in [0, 0.1) is 11.8 Å². The number of piperidine rings is 1. The monoisotopic (exact) mass is 398 g/mol. The average molecular weight is 399 g/mol. The molecule has 0 amide bonds. The summed E-state index contributed by atoms with van der Waals surface area (Å²) in [6.07, 6.45) is 11.2. The number of hydrogen-bond donors (Lipinski definition) is 0. The van der Waals surface area contributed by atoms with Crippen molar-refractivity contribution in [1.82, 2.24) is 9.80 Å². The Morgan fingerprint density at radius 3 is 2.48 bits per heavy atom. The first-order chi connectivity index (χ1) is 14.3. The SMILES string of the molecule is COc1ccc(CN2CCCOC2)cc1C1CCN(C2C[C@H]3CC[C@H](C2)C3)CC1. The lowest BCUT2D eigenvalue weighted by molar-refractivity contribution is -0.0177. The van der Waals surface area contributed by atoms with Crippen LogP contribution < -0.4 is 4.74 Å². The van der Waals surface area contributed by atoms with E-state index < -0.39 is 0 Å². The summed E-state index contributed by atoms with van der Waals surface area (Å²) in [7, 11) is 1.82. The van der Waals surface area contributed by atoms with Crippen molar-refractivity contribution in [2.75, 3.05) is 40.1 Å². The molecule has 2 aliphatic carbocycles. The van der Waals surface area contributed by atoms with Crippen LogP contribution >= 0.6 is 0 Å².